The number of aryl methyl sites for hydroxylation is 2. The van der Waals surface area contributed by atoms with Crippen LogP contribution in [0, 0.1) is 13.8 Å². The van der Waals surface area contributed by atoms with Crippen LogP contribution in [-0.4, -0.2) is 31.3 Å². The van der Waals surface area contributed by atoms with Gasteiger partial charge in [-0.25, -0.2) is 0 Å². The van der Waals surface area contributed by atoms with Crippen molar-refractivity contribution in [2.75, 3.05) is 13.6 Å². The first kappa shape index (κ1) is 23.4. The van der Waals surface area contributed by atoms with Gasteiger partial charge in [0.05, 0.1) is 5.69 Å². The van der Waals surface area contributed by atoms with Gasteiger partial charge < -0.3 is 19.9 Å². The Labute approximate surface area is 178 Å². The summed E-state index contributed by atoms with van der Waals surface area (Å²) in [5.41, 5.74) is 2.42. The zero-order chi connectivity index (χ0) is 19.1. The number of aromatic nitrogens is 1. The lowest BCUT2D eigenvalue weighted by Gasteiger charge is -2.15. The van der Waals surface area contributed by atoms with Crippen molar-refractivity contribution in [1.82, 2.24) is 15.8 Å². The van der Waals surface area contributed by atoms with Gasteiger partial charge in [-0.3, -0.25) is 4.99 Å². The third-order valence-electron chi connectivity index (χ3n) is 3.76. The number of alkyl halides is 2. The van der Waals surface area contributed by atoms with E-state index in [-0.39, 0.29) is 36.3 Å². The van der Waals surface area contributed by atoms with Crippen molar-refractivity contribution >= 4 is 41.5 Å². The highest BCUT2D eigenvalue weighted by Gasteiger charge is 2.12. The number of ether oxygens (including phenoxy) is 1. The molecule has 0 saturated carbocycles. The number of benzene rings is 1. The SMILES string of the molecule is CN=C(NCCc1c(C)noc1C)NCc1cc(Cl)ccc1OC(F)F.I. The molecule has 0 atom stereocenters. The molecule has 0 unspecified atom stereocenters. The van der Waals surface area contributed by atoms with Crippen molar-refractivity contribution in [3.8, 4) is 5.75 Å². The molecule has 0 fully saturated rings. The van der Waals surface area contributed by atoms with Gasteiger partial charge in [0, 0.05) is 36.3 Å². The molecular weight excluding hydrogens is 493 g/mol. The molecule has 0 aliphatic rings. The lowest BCUT2D eigenvalue weighted by molar-refractivity contribution is -0.0504. The fourth-order valence-electron chi connectivity index (χ4n) is 2.46. The molecule has 0 amide bonds. The van der Waals surface area contributed by atoms with Crippen molar-refractivity contribution in [2.24, 2.45) is 4.99 Å². The van der Waals surface area contributed by atoms with Gasteiger partial charge in [-0.05, 0) is 38.5 Å². The lowest BCUT2D eigenvalue weighted by atomic mass is 10.1. The summed E-state index contributed by atoms with van der Waals surface area (Å²) in [6.07, 6.45) is 0.721. The molecule has 0 bridgehead atoms. The van der Waals surface area contributed by atoms with Crippen LogP contribution in [-0.2, 0) is 13.0 Å². The number of hydrogen-bond acceptors (Lipinski definition) is 4. The van der Waals surface area contributed by atoms with Gasteiger partial charge >= 0.3 is 6.61 Å². The Morgan fingerprint density at radius 1 is 1.33 bits per heavy atom. The van der Waals surface area contributed by atoms with Crippen molar-refractivity contribution < 1.29 is 18.0 Å². The summed E-state index contributed by atoms with van der Waals surface area (Å²) in [5.74, 6) is 1.39. The van der Waals surface area contributed by atoms with Crippen LogP contribution >= 0.6 is 35.6 Å². The Balaban J connectivity index is 0.00000364. The fraction of sp³-hybridized carbons (Fsp3) is 0.412. The number of halogens is 4. The van der Waals surface area contributed by atoms with Crippen LogP contribution in [0.1, 0.15) is 22.6 Å². The maximum atomic E-state index is 12.5. The van der Waals surface area contributed by atoms with Gasteiger partial charge in [0.1, 0.15) is 11.5 Å². The topological polar surface area (TPSA) is 71.7 Å². The highest BCUT2D eigenvalue weighted by Crippen LogP contribution is 2.24. The predicted octanol–water partition coefficient (Wildman–Crippen LogP) is 4.07. The molecule has 0 radical (unpaired) electrons. The van der Waals surface area contributed by atoms with E-state index in [0.29, 0.717) is 23.1 Å². The highest BCUT2D eigenvalue weighted by atomic mass is 127. The number of rotatable bonds is 7. The number of guanidine groups is 1. The summed E-state index contributed by atoms with van der Waals surface area (Å²) in [6.45, 7) is 1.70. The first-order valence-electron chi connectivity index (χ1n) is 8.00. The van der Waals surface area contributed by atoms with Gasteiger partial charge in [-0.2, -0.15) is 8.78 Å². The minimum Gasteiger partial charge on any atom is -0.434 e. The van der Waals surface area contributed by atoms with Crippen molar-refractivity contribution in [1.29, 1.82) is 0 Å². The first-order chi connectivity index (χ1) is 12.4. The Hall–Kier alpha value is -1.62. The summed E-state index contributed by atoms with van der Waals surface area (Å²) >= 11 is 5.94. The second-order valence-corrected chi connectivity index (χ2v) is 5.97. The summed E-state index contributed by atoms with van der Waals surface area (Å²) in [6, 6.07) is 4.49. The Morgan fingerprint density at radius 2 is 2.07 bits per heavy atom. The average molecular weight is 515 g/mol. The normalized spacial score (nSPS) is 11.3. The smallest absolute Gasteiger partial charge is 0.387 e. The number of hydrogen-bond donors (Lipinski definition) is 2. The van der Waals surface area contributed by atoms with Gasteiger partial charge in [0.15, 0.2) is 5.96 Å². The summed E-state index contributed by atoms with van der Waals surface area (Å²) in [5, 5.41) is 10.6. The summed E-state index contributed by atoms with van der Waals surface area (Å²) < 4.78 is 34.7. The van der Waals surface area contributed by atoms with Crippen LogP contribution in [0.4, 0.5) is 8.78 Å². The van der Waals surface area contributed by atoms with Gasteiger partial charge in [-0.15, -0.1) is 24.0 Å². The zero-order valence-electron chi connectivity index (χ0n) is 15.2. The van der Waals surface area contributed by atoms with E-state index in [1.807, 2.05) is 13.8 Å². The van der Waals surface area contributed by atoms with Crippen LogP contribution in [0.15, 0.2) is 27.7 Å². The largest absolute Gasteiger partial charge is 0.434 e. The standard InChI is InChI=1S/C17H21ClF2N4O2.HI/c1-10-14(11(2)26-24-10)6-7-22-17(21-3)23-9-12-8-13(18)4-5-15(12)25-16(19)20;/h4-5,8,16H,6-7,9H2,1-3H3,(H2,21,22,23);1H. The minimum atomic E-state index is -2.90. The second-order valence-electron chi connectivity index (χ2n) is 5.54. The van der Waals surface area contributed by atoms with E-state index >= 15 is 0 Å². The number of aliphatic imine (C=N–C) groups is 1. The maximum Gasteiger partial charge on any atom is 0.387 e. The number of nitrogens with one attached hydrogen (secondary N) is 2. The van der Waals surface area contributed by atoms with Crippen LogP contribution in [0.2, 0.25) is 5.02 Å². The molecule has 0 aliphatic heterocycles. The lowest BCUT2D eigenvalue weighted by Crippen LogP contribution is -2.38. The van der Waals surface area contributed by atoms with Crippen molar-refractivity contribution in [3.63, 3.8) is 0 Å². The Kier molecular flexibility index (Phi) is 9.78. The van der Waals surface area contributed by atoms with Crippen molar-refractivity contribution in [2.45, 2.75) is 33.4 Å². The molecule has 0 spiro atoms. The van der Waals surface area contributed by atoms with Crippen LogP contribution in [0.3, 0.4) is 0 Å². The molecule has 0 saturated heterocycles. The molecule has 2 rings (SSSR count). The predicted molar refractivity (Wildman–Crippen MR) is 111 cm³/mol. The van der Waals surface area contributed by atoms with Crippen LogP contribution < -0.4 is 15.4 Å². The van der Waals surface area contributed by atoms with Crippen molar-refractivity contribution in [3.05, 3.63) is 45.8 Å². The maximum absolute atomic E-state index is 12.5. The number of nitrogens with zero attached hydrogens (tertiary/aromatic N) is 2. The molecule has 1 aromatic carbocycles. The zero-order valence-corrected chi connectivity index (χ0v) is 18.3. The van der Waals surface area contributed by atoms with E-state index in [4.69, 9.17) is 16.1 Å². The molecule has 2 aromatic rings. The van der Waals surface area contributed by atoms with E-state index < -0.39 is 6.61 Å². The van der Waals surface area contributed by atoms with E-state index in [9.17, 15) is 8.78 Å². The minimum absolute atomic E-state index is 0. The first-order valence-corrected chi connectivity index (χ1v) is 8.38. The molecule has 2 N–H and O–H groups in total. The van der Waals surface area contributed by atoms with E-state index in [0.717, 1.165) is 23.4 Å². The molecule has 1 aromatic heterocycles. The fourth-order valence-corrected chi connectivity index (χ4v) is 2.66. The van der Waals surface area contributed by atoms with Crippen LogP contribution in [0.5, 0.6) is 5.75 Å². The summed E-state index contributed by atoms with van der Waals surface area (Å²) in [4.78, 5) is 4.11. The molecule has 0 aliphatic carbocycles. The van der Waals surface area contributed by atoms with E-state index in [1.54, 1.807) is 13.1 Å². The molecule has 10 heteroatoms. The molecule has 27 heavy (non-hydrogen) atoms. The quantitative estimate of drug-likeness (QED) is 0.331. The molecule has 1 heterocycles. The third-order valence-corrected chi connectivity index (χ3v) is 3.99. The Morgan fingerprint density at radius 3 is 2.67 bits per heavy atom. The molecular formula is C17H22ClF2IN4O2. The molecule has 6 nitrogen and oxygen atoms in total. The average Bonchev–Trinajstić information content (AvgIpc) is 2.91. The Bertz CT molecular complexity index is 752. The van der Waals surface area contributed by atoms with Gasteiger partial charge in [0.2, 0.25) is 0 Å². The van der Waals surface area contributed by atoms with E-state index in [1.165, 1.54) is 12.1 Å². The molecule has 150 valence electrons. The van der Waals surface area contributed by atoms with Gasteiger partial charge in [0.25, 0.3) is 0 Å². The highest BCUT2D eigenvalue weighted by molar-refractivity contribution is 14.0. The second kappa shape index (κ2) is 11.3. The van der Waals surface area contributed by atoms with E-state index in [2.05, 4.69) is 25.5 Å². The van der Waals surface area contributed by atoms with Gasteiger partial charge in [-0.1, -0.05) is 16.8 Å². The monoisotopic (exact) mass is 514 g/mol. The third kappa shape index (κ3) is 7.13. The van der Waals surface area contributed by atoms with Crippen LogP contribution in [0.25, 0.3) is 0 Å². The summed E-state index contributed by atoms with van der Waals surface area (Å²) in [7, 11) is 1.62.